The van der Waals surface area contributed by atoms with Crippen molar-refractivity contribution in [2.75, 3.05) is 0 Å². The second kappa shape index (κ2) is 24.8. The number of hydrogen-bond donors (Lipinski definition) is 0. The van der Waals surface area contributed by atoms with Crippen molar-refractivity contribution in [2.24, 2.45) is 17.8 Å². The number of rotatable bonds is 13. The fraction of sp³-hybridized carbons (Fsp3) is 1.00. The van der Waals surface area contributed by atoms with E-state index in [1.54, 1.807) is 148 Å². The average molecular weight is 967 g/mol. The first-order chi connectivity index (χ1) is 34.1. The molecule has 0 saturated heterocycles. The van der Waals surface area contributed by atoms with Gasteiger partial charge >= 0.3 is 0 Å². The molecule has 69 heavy (non-hydrogen) atoms. The SMILES string of the molecule is CC1CCCC(N(C2CCCCC2)C2CCC([Si](C3CCCCC3)(C3CCC(N(C4CCCCC4)C4CCCCC4)CC3)C3CCC(N(C4CCCCC4)C4CCCC5CCCCC54)CC3)CC2)C1. The van der Waals surface area contributed by atoms with Gasteiger partial charge in [0.25, 0.3) is 0 Å². The van der Waals surface area contributed by atoms with Crippen molar-refractivity contribution in [1.82, 2.24) is 14.7 Å². The summed E-state index contributed by atoms with van der Waals surface area (Å²) >= 11 is 0. The highest BCUT2D eigenvalue weighted by Gasteiger charge is 2.59. The lowest BCUT2D eigenvalue weighted by atomic mass is 9.67. The Hall–Kier alpha value is 0.0969. The third-order valence-electron chi connectivity index (χ3n) is 25.0. The molecule has 11 saturated carbocycles. The van der Waals surface area contributed by atoms with Crippen LogP contribution in [0.25, 0.3) is 0 Å². The first-order valence-electron chi connectivity index (χ1n) is 33.5. The summed E-state index contributed by atoms with van der Waals surface area (Å²) in [7, 11) is -1.72. The highest BCUT2D eigenvalue weighted by Crippen LogP contribution is 2.65. The van der Waals surface area contributed by atoms with Crippen molar-refractivity contribution < 1.29 is 0 Å². The van der Waals surface area contributed by atoms with Crippen molar-refractivity contribution in [3.8, 4) is 0 Å². The van der Waals surface area contributed by atoms with Gasteiger partial charge in [0, 0.05) is 54.4 Å². The molecule has 11 fully saturated rings. The van der Waals surface area contributed by atoms with Crippen LogP contribution in [0.1, 0.15) is 315 Å². The van der Waals surface area contributed by atoms with Crippen LogP contribution in [0, 0.1) is 17.8 Å². The van der Waals surface area contributed by atoms with E-state index < -0.39 is 8.07 Å². The van der Waals surface area contributed by atoms with E-state index in [2.05, 4.69) is 21.6 Å². The molecule has 4 heteroatoms. The standard InChI is InChI=1S/C65H115N3Si/c1-50-21-19-32-59(49-50)67(54-28-11-4-12-29-54)57-39-45-62(46-40-57)69(60-33-15-6-16-34-60,61-43-37-56(38-44-61)66(52-24-7-2-8-25-52)53-26-9-3-10-27-53)63-47-41-58(42-48-63)68(55-30-13-5-14-31-55)65-36-20-23-51-22-17-18-35-64(51)65/h50-65H,2-49H2,1H3. The molecule has 6 unspecified atom stereocenters. The third kappa shape index (κ3) is 11.5. The lowest BCUT2D eigenvalue weighted by Crippen LogP contribution is -2.60. The van der Waals surface area contributed by atoms with Crippen LogP contribution in [0.5, 0.6) is 0 Å². The molecule has 0 aromatic rings. The molecule has 0 bridgehead atoms. The van der Waals surface area contributed by atoms with Crippen LogP contribution in [0.4, 0.5) is 0 Å². The largest absolute Gasteiger partial charge is 0.294 e. The van der Waals surface area contributed by atoms with Gasteiger partial charge in [-0.25, -0.2) is 0 Å². The molecule has 11 aliphatic carbocycles. The zero-order valence-corrected chi connectivity index (χ0v) is 47.0. The van der Waals surface area contributed by atoms with Gasteiger partial charge in [-0.05, 0) is 155 Å². The molecule has 0 aromatic heterocycles. The van der Waals surface area contributed by atoms with Crippen LogP contribution >= 0.6 is 0 Å². The van der Waals surface area contributed by atoms with Gasteiger partial charge in [0.05, 0.1) is 8.07 Å². The first kappa shape index (κ1) is 51.2. The van der Waals surface area contributed by atoms with Crippen LogP contribution in [-0.2, 0) is 0 Å². The quantitative estimate of drug-likeness (QED) is 0.170. The van der Waals surface area contributed by atoms with Crippen LogP contribution in [0.2, 0.25) is 22.2 Å². The summed E-state index contributed by atoms with van der Waals surface area (Å²) in [4.78, 5) is 10.2. The Bertz CT molecular complexity index is 1460. The summed E-state index contributed by atoms with van der Waals surface area (Å²) in [5, 5.41) is 0. The van der Waals surface area contributed by atoms with Crippen LogP contribution in [0.15, 0.2) is 0 Å². The van der Waals surface area contributed by atoms with Crippen LogP contribution in [0.3, 0.4) is 0 Å². The number of hydrogen-bond acceptors (Lipinski definition) is 3. The first-order valence-corrected chi connectivity index (χ1v) is 35.8. The van der Waals surface area contributed by atoms with Gasteiger partial charge in [-0.2, -0.15) is 0 Å². The lowest BCUT2D eigenvalue weighted by molar-refractivity contribution is -0.0323. The molecule has 0 amide bonds. The molecule has 11 rings (SSSR count). The van der Waals surface area contributed by atoms with Gasteiger partial charge in [-0.3, -0.25) is 14.7 Å². The van der Waals surface area contributed by atoms with Crippen LogP contribution in [-0.4, -0.2) is 77.2 Å². The summed E-state index contributed by atoms with van der Waals surface area (Å²) in [6, 6.07) is 8.28. The average Bonchev–Trinajstić information content (AvgIpc) is 3.42. The van der Waals surface area contributed by atoms with E-state index in [0.717, 1.165) is 94.3 Å². The molecule has 394 valence electrons. The Morgan fingerprint density at radius 1 is 0.246 bits per heavy atom. The molecule has 0 aliphatic heterocycles. The summed E-state index contributed by atoms with van der Waals surface area (Å²) in [6.45, 7) is 2.62. The van der Waals surface area contributed by atoms with Crippen molar-refractivity contribution in [3.63, 3.8) is 0 Å². The third-order valence-corrected chi connectivity index (χ3v) is 33.0. The maximum Gasteiger partial charge on any atom is 0.0660 e. The van der Waals surface area contributed by atoms with E-state index in [-0.39, 0.29) is 0 Å². The van der Waals surface area contributed by atoms with Gasteiger partial charge in [-0.15, -0.1) is 0 Å². The topological polar surface area (TPSA) is 9.72 Å². The monoisotopic (exact) mass is 966 g/mol. The van der Waals surface area contributed by atoms with E-state index in [4.69, 9.17) is 0 Å². The Morgan fingerprint density at radius 2 is 0.565 bits per heavy atom. The zero-order chi connectivity index (χ0) is 46.4. The number of fused-ring (bicyclic) bond motifs is 1. The molecule has 0 radical (unpaired) electrons. The minimum atomic E-state index is -1.72. The normalized spacial score (nSPS) is 40.4. The molecule has 3 nitrogen and oxygen atoms in total. The Balaban J connectivity index is 0.888. The highest BCUT2D eigenvalue weighted by atomic mass is 28.3. The van der Waals surface area contributed by atoms with Gasteiger partial charge < -0.3 is 0 Å². The summed E-state index contributed by atoms with van der Waals surface area (Å²) in [5.74, 6) is 3.06. The zero-order valence-electron chi connectivity index (χ0n) is 46.0. The Morgan fingerprint density at radius 3 is 1.03 bits per heavy atom. The second-order valence-electron chi connectivity index (χ2n) is 28.5. The fourth-order valence-corrected chi connectivity index (χ4v) is 31.7. The minimum absolute atomic E-state index is 0.903. The minimum Gasteiger partial charge on any atom is -0.294 e. The summed E-state index contributed by atoms with van der Waals surface area (Å²) in [6.07, 6.45) is 75.0. The molecular weight excluding hydrogens is 851 g/mol. The van der Waals surface area contributed by atoms with E-state index in [1.807, 2.05) is 0 Å². The van der Waals surface area contributed by atoms with E-state index in [9.17, 15) is 0 Å². The highest BCUT2D eigenvalue weighted by molar-refractivity contribution is 6.85. The molecule has 6 atom stereocenters. The van der Waals surface area contributed by atoms with Crippen molar-refractivity contribution in [3.05, 3.63) is 0 Å². The van der Waals surface area contributed by atoms with Gasteiger partial charge in [0.1, 0.15) is 0 Å². The predicted octanol–water partition coefficient (Wildman–Crippen LogP) is 18.9. The van der Waals surface area contributed by atoms with Gasteiger partial charge in [-0.1, -0.05) is 200 Å². The molecule has 11 aliphatic rings. The Labute approximate surface area is 430 Å². The van der Waals surface area contributed by atoms with Gasteiger partial charge in [0.2, 0.25) is 0 Å². The summed E-state index contributed by atoms with van der Waals surface area (Å²) in [5.41, 5.74) is 4.59. The van der Waals surface area contributed by atoms with Gasteiger partial charge in [0.15, 0.2) is 0 Å². The second-order valence-corrected chi connectivity index (χ2v) is 33.8. The molecule has 0 heterocycles. The van der Waals surface area contributed by atoms with Crippen molar-refractivity contribution in [2.45, 2.75) is 392 Å². The smallest absolute Gasteiger partial charge is 0.0660 e. The summed E-state index contributed by atoms with van der Waals surface area (Å²) < 4.78 is 0. The van der Waals surface area contributed by atoms with Crippen molar-refractivity contribution >= 4 is 8.07 Å². The molecular formula is C65H115N3Si. The van der Waals surface area contributed by atoms with E-state index in [0.29, 0.717) is 0 Å². The van der Waals surface area contributed by atoms with Crippen molar-refractivity contribution in [1.29, 1.82) is 0 Å². The Kier molecular flexibility index (Phi) is 18.4. The molecule has 0 aromatic carbocycles. The lowest BCUT2D eigenvalue weighted by Gasteiger charge is -2.61. The maximum atomic E-state index is 3.45. The van der Waals surface area contributed by atoms with Crippen LogP contribution < -0.4 is 0 Å². The molecule has 0 N–H and O–H groups in total. The number of nitrogens with zero attached hydrogens (tertiary/aromatic N) is 3. The van der Waals surface area contributed by atoms with E-state index >= 15 is 0 Å². The maximum absolute atomic E-state index is 3.45. The fourth-order valence-electron chi connectivity index (χ4n) is 22.3. The predicted molar refractivity (Wildman–Crippen MR) is 298 cm³/mol. The molecule has 0 spiro atoms. The van der Waals surface area contributed by atoms with E-state index in [1.165, 1.54) is 161 Å².